The fourth-order valence-electron chi connectivity index (χ4n) is 3.00. The third-order valence-electron chi connectivity index (χ3n) is 4.23. The Morgan fingerprint density at radius 2 is 2.00 bits per heavy atom. The first-order valence-corrected chi connectivity index (χ1v) is 9.22. The molecule has 0 fully saturated rings. The van der Waals surface area contributed by atoms with Gasteiger partial charge < -0.3 is 10.2 Å². The average molecular weight is 416 g/mol. The molecule has 0 atom stereocenters. The predicted molar refractivity (Wildman–Crippen MR) is 106 cm³/mol. The van der Waals surface area contributed by atoms with Crippen molar-refractivity contribution in [2.45, 2.75) is 13.0 Å². The maximum atomic E-state index is 6.03. The van der Waals surface area contributed by atoms with Crippen LogP contribution in [0.2, 0.25) is 5.02 Å². The largest absolute Gasteiger partial charge is 0.352 e. The van der Waals surface area contributed by atoms with Crippen molar-refractivity contribution in [2.24, 2.45) is 0 Å². The molecule has 0 amide bonds. The molecule has 1 aliphatic heterocycles. The van der Waals surface area contributed by atoms with Crippen LogP contribution in [0.5, 0.6) is 0 Å². The monoisotopic (exact) mass is 414 g/mol. The molecule has 0 saturated carbocycles. The first kappa shape index (κ1) is 16.4. The van der Waals surface area contributed by atoms with Crippen molar-refractivity contribution in [3.05, 3.63) is 75.4 Å². The van der Waals surface area contributed by atoms with Crippen molar-refractivity contribution >= 4 is 45.0 Å². The van der Waals surface area contributed by atoms with Gasteiger partial charge in [-0.2, -0.15) is 4.98 Å². The van der Waals surface area contributed by atoms with Gasteiger partial charge in [-0.25, -0.2) is 4.98 Å². The maximum absolute atomic E-state index is 6.03. The summed E-state index contributed by atoms with van der Waals surface area (Å²) in [4.78, 5) is 11.3. The summed E-state index contributed by atoms with van der Waals surface area (Å²) in [5, 5.41) is 3.89. The molecule has 3 aromatic rings. The van der Waals surface area contributed by atoms with Crippen LogP contribution in [0.1, 0.15) is 11.1 Å². The molecule has 0 aliphatic carbocycles. The molecular formula is C19H16BrClN4. The minimum atomic E-state index is 0.569. The highest BCUT2D eigenvalue weighted by molar-refractivity contribution is 9.10. The van der Waals surface area contributed by atoms with Gasteiger partial charge in [0.25, 0.3) is 0 Å². The van der Waals surface area contributed by atoms with Crippen LogP contribution in [0, 0.1) is 0 Å². The Morgan fingerprint density at radius 3 is 2.88 bits per heavy atom. The van der Waals surface area contributed by atoms with Crippen LogP contribution < -0.4 is 10.2 Å². The molecule has 0 unspecified atom stereocenters. The number of benzene rings is 2. The number of rotatable bonds is 3. The Bertz CT molecular complexity index is 915. The number of fused-ring (bicyclic) bond motifs is 1. The van der Waals surface area contributed by atoms with Gasteiger partial charge in [-0.3, -0.25) is 0 Å². The van der Waals surface area contributed by atoms with E-state index in [2.05, 4.69) is 54.3 Å². The fraction of sp³-hybridized carbons (Fsp3) is 0.158. The zero-order valence-electron chi connectivity index (χ0n) is 13.4. The first-order valence-electron chi connectivity index (χ1n) is 8.05. The first-order chi connectivity index (χ1) is 12.2. The highest BCUT2D eigenvalue weighted by Crippen LogP contribution is 2.26. The van der Waals surface area contributed by atoms with Crippen LogP contribution in [-0.4, -0.2) is 16.5 Å². The molecule has 6 heteroatoms. The number of nitrogens with one attached hydrogen (secondary N) is 1. The summed E-state index contributed by atoms with van der Waals surface area (Å²) in [5.41, 5.74) is 3.62. The molecule has 0 spiro atoms. The standard InChI is InChI=1S/C19H16BrClN4/c20-15-5-4-13-7-9-25(12-14(13)10-15)18-6-8-22-19(24-18)23-17-3-1-2-16(21)11-17/h1-6,8,10-11H,7,9,12H2,(H,22,23,24). The van der Waals surface area contributed by atoms with Gasteiger partial charge in [0.15, 0.2) is 0 Å². The van der Waals surface area contributed by atoms with E-state index in [4.69, 9.17) is 11.6 Å². The Hall–Kier alpha value is -2.11. The van der Waals surface area contributed by atoms with Gasteiger partial charge in [0.05, 0.1) is 0 Å². The number of nitrogens with zero attached hydrogens (tertiary/aromatic N) is 3. The SMILES string of the molecule is Clc1cccc(Nc2nccc(N3CCc4ccc(Br)cc4C3)n2)c1. The summed E-state index contributed by atoms with van der Waals surface area (Å²) in [5.74, 6) is 1.49. The van der Waals surface area contributed by atoms with Gasteiger partial charge in [0.1, 0.15) is 5.82 Å². The second-order valence-corrected chi connectivity index (χ2v) is 7.31. The van der Waals surface area contributed by atoms with Gasteiger partial charge in [0.2, 0.25) is 5.95 Å². The van der Waals surface area contributed by atoms with Crippen molar-refractivity contribution in [2.75, 3.05) is 16.8 Å². The van der Waals surface area contributed by atoms with Crippen LogP contribution in [0.4, 0.5) is 17.5 Å². The second-order valence-electron chi connectivity index (χ2n) is 5.96. The highest BCUT2D eigenvalue weighted by Gasteiger charge is 2.18. The average Bonchev–Trinajstić information content (AvgIpc) is 2.61. The molecule has 4 rings (SSSR count). The number of hydrogen-bond acceptors (Lipinski definition) is 4. The molecule has 25 heavy (non-hydrogen) atoms. The number of anilines is 3. The molecule has 0 saturated heterocycles. The molecule has 2 aromatic carbocycles. The van der Waals surface area contributed by atoms with Gasteiger partial charge in [-0.1, -0.05) is 39.7 Å². The summed E-state index contributed by atoms with van der Waals surface area (Å²) in [6.45, 7) is 1.80. The smallest absolute Gasteiger partial charge is 0.229 e. The molecular weight excluding hydrogens is 400 g/mol. The Balaban J connectivity index is 1.55. The number of halogens is 2. The number of hydrogen-bond donors (Lipinski definition) is 1. The van der Waals surface area contributed by atoms with Crippen LogP contribution in [-0.2, 0) is 13.0 Å². The van der Waals surface area contributed by atoms with Gasteiger partial charge in [-0.05, 0) is 53.9 Å². The van der Waals surface area contributed by atoms with E-state index in [1.54, 1.807) is 6.20 Å². The fourth-order valence-corrected chi connectivity index (χ4v) is 3.60. The highest BCUT2D eigenvalue weighted by atomic mass is 79.9. The van der Waals surface area contributed by atoms with Crippen LogP contribution in [0.15, 0.2) is 59.2 Å². The molecule has 1 aliphatic rings. The van der Waals surface area contributed by atoms with E-state index in [1.165, 1.54) is 11.1 Å². The lowest BCUT2D eigenvalue weighted by atomic mass is 10.00. The van der Waals surface area contributed by atoms with Gasteiger partial charge in [-0.15, -0.1) is 0 Å². The van der Waals surface area contributed by atoms with Crippen molar-refractivity contribution in [3.63, 3.8) is 0 Å². The van der Waals surface area contributed by atoms with Gasteiger partial charge >= 0.3 is 0 Å². The van der Waals surface area contributed by atoms with Crippen LogP contribution in [0.3, 0.4) is 0 Å². The normalized spacial score (nSPS) is 13.4. The molecule has 0 radical (unpaired) electrons. The third-order valence-corrected chi connectivity index (χ3v) is 4.95. The van der Waals surface area contributed by atoms with Crippen molar-refractivity contribution in [3.8, 4) is 0 Å². The lowest BCUT2D eigenvalue weighted by molar-refractivity contribution is 0.719. The molecule has 1 aromatic heterocycles. The molecule has 4 nitrogen and oxygen atoms in total. The zero-order valence-corrected chi connectivity index (χ0v) is 15.8. The second kappa shape index (κ2) is 7.02. The molecule has 1 N–H and O–H groups in total. The van der Waals surface area contributed by atoms with E-state index >= 15 is 0 Å². The molecule has 2 heterocycles. The topological polar surface area (TPSA) is 41.1 Å². The van der Waals surface area contributed by atoms with Gasteiger partial charge in [0, 0.05) is 34.5 Å². The summed E-state index contributed by atoms with van der Waals surface area (Å²) in [6, 6.07) is 16.0. The summed E-state index contributed by atoms with van der Waals surface area (Å²) >= 11 is 9.59. The molecule has 0 bridgehead atoms. The third kappa shape index (κ3) is 3.78. The number of aromatic nitrogens is 2. The maximum Gasteiger partial charge on any atom is 0.229 e. The van der Waals surface area contributed by atoms with E-state index < -0.39 is 0 Å². The lowest BCUT2D eigenvalue weighted by Gasteiger charge is -2.30. The Kier molecular flexibility index (Phi) is 4.59. The quantitative estimate of drug-likeness (QED) is 0.638. The van der Waals surface area contributed by atoms with Crippen LogP contribution >= 0.6 is 27.5 Å². The predicted octanol–water partition coefficient (Wildman–Crippen LogP) is 5.20. The minimum absolute atomic E-state index is 0.569. The van der Waals surface area contributed by atoms with E-state index in [-0.39, 0.29) is 0 Å². The minimum Gasteiger partial charge on any atom is -0.352 e. The Labute approximate surface area is 160 Å². The van der Waals surface area contributed by atoms with Crippen molar-refractivity contribution in [1.82, 2.24) is 9.97 Å². The van der Waals surface area contributed by atoms with E-state index in [0.29, 0.717) is 11.0 Å². The lowest BCUT2D eigenvalue weighted by Crippen LogP contribution is -2.31. The zero-order chi connectivity index (χ0) is 17.2. The Morgan fingerprint density at radius 1 is 1.08 bits per heavy atom. The summed E-state index contributed by atoms with van der Waals surface area (Å²) in [6.07, 6.45) is 2.80. The molecule has 126 valence electrons. The van der Waals surface area contributed by atoms with E-state index in [9.17, 15) is 0 Å². The van der Waals surface area contributed by atoms with E-state index in [1.807, 2.05) is 30.3 Å². The summed E-state index contributed by atoms with van der Waals surface area (Å²) < 4.78 is 1.11. The van der Waals surface area contributed by atoms with E-state index in [0.717, 1.165) is 35.5 Å². The van der Waals surface area contributed by atoms with Crippen molar-refractivity contribution in [1.29, 1.82) is 0 Å². The summed E-state index contributed by atoms with van der Waals surface area (Å²) in [7, 11) is 0. The van der Waals surface area contributed by atoms with Crippen LogP contribution in [0.25, 0.3) is 0 Å². The van der Waals surface area contributed by atoms with Crippen molar-refractivity contribution < 1.29 is 0 Å².